The third kappa shape index (κ3) is 2.98. The third-order valence-corrected chi connectivity index (χ3v) is 5.65. The van der Waals surface area contributed by atoms with E-state index in [1.54, 1.807) is 6.92 Å². The molecule has 6 heteroatoms. The molecule has 4 atom stereocenters. The molecule has 1 aromatic heterocycles. The van der Waals surface area contributed by atoms with Gasteiger partial charge in [-0.1, -0.05) is 13.8 Å². The lowest BCUT2D eigenvalue weighted by atomic mass is 9.77. The summed E-state index contributed by atoms with van der Waals surface area (Å²) in [4.78, 5) is 40.4. The highest BCUT2D eigenvalue weighted by atomic mass is 16.5. The van der Waals surface area contributed by atoms with Crippen LogP contribution in [0.4, 0.5) is 0 Å². The molecule has 1 fully saturated rings. The van der Waals surface area contributed by atoms with Crippen molar-refractivity contribution >= 4 is 17.7 Å². The number of esters is 2. The molecule has 0 aromatic carbocycles. The number of nitrogens with one attached hydrogen (secondary N) is 1. The fraction of sp³-hybridized carbons (Fsp3) is 0.632. The van der Waals surface area contributed by atoms with Crippen LogP contribution in [0.5, 0.6) is 0 Å². The Labute approximate surface area is 147 Å². The molecular formula is C19H25NO5. The molecule has 2 aliphatic rings. The summed E-state index contributed by atoms with van der Waals surface area (Å²) in [6, 6.07) is 0. The number of ketones is 1. The zero-order valence-electron chi connectivity index (χ0n) is 15.2. The number of hydrogen-bond acceptors (Lipinski definition) is 5. The van der Waals surface area contributed by atoms with Crippen molar-refractivity contribution in [1.29, 1.82) is 0 Å². The minimum Gasteiger partial charge on any atom is -0.468 e. The standard InChI is InChI=1S/C19H25NO5/c1-9-6-5-7-13(9)25-19(23)16-11(3)15-12(20-16)8-10(2)14(17(15)21)18(22)24-4/h9-10,13-14,20H,5-8H2,1-4H3/t9-,10+,13-,14+/m1/s1. The summed E-state index contributed by atoms with van der Waals surface area (Å²) in [5.74, 6) is -1.84. The Morgan fingerprint density at radius 2 is 1.88 bits per heavy atom. The van der Waals surface area contributed by atoms with Crippen molar-refractivity contribution in [3.63, 3.8) is 0 Å². The molecule has 2 aliphatic carbocycles. The smallest absolute Gasteiger partial charge is 0.355 e. The molecule has 1 N–H and O–H groups in total. The number of carbonyl (C=O) groups excluding carboxylic acids is 3. The number of methoxy groups -OCH3 is 1. The molecule has 0 saturated heterocycles. The normalized spacial score (nSPS) is 28.6. The zero-order valence-corrected chi connectivity index (χ0v) is 15.2. The highest BCUT2D eigenvalue weighted by molar-refractivity contribution is 6.12. The number of aromatic amines is 1. The van der Waals surface area contributed by atoms with E-state index in [9.17, 15) is 14.4 Å². The van der Waals surface area contributed by atoms with Crippen LogP contribution < -0.4 is 0 Å². The Kier molecular flexibility index (Phi) is 4.71. The second-order valence-electron chi connectivity index (χ2n) is 7.38. The number of Topliss-reactive ketones (excluding diaryl/α,β-unsaturated/α-hetero) is 1. The van der Waals surface area contributed by atoms with E-state index in [0.717, 1.165) is 19.3 Å². The molecule has 0 spiro atoms. The van der Waals surface area contributed by atoms with Gasteiger partial charge in [-0.25, -0.2) is 4.79 Å². The second-order valence-corrected chi connectivity index (χ2v) is 7.38. The van der Waals surface area contributed by atoms with Crippen molar-refractivity contribution in [2.45, 2.75) is 52.6 Å². The van der Waals surface area contributed by atoms with E-state index in [-0.39, 0.29) is 17.8 Å². The third-order valence-electron chi connectivity index (χ3n) is 5.65. The largest absolute Gasteiger partial charge is 0.468 e. The minimum absolute atomic E-state index is 0.0651. The van der Waals surface area contributed by atoms with E-state index in [0.29, 0.717) is 34.9 Å². The first-order valence-corrected chi connectivity index (χ1v) is 8.89. The predicted octanol–water partition coefficient (Wildman–Crippen LogP) is 2.83. The number of rotatable bonds is 3. The van der Waals surface area contributed by atoms with E-state index < -0.39 is 17.9 Å². The zero-order chi connectivity index (χ0) is 18.3. The van der Waals surface area contributed by atoms with Crippen molar-refractivity contribution in [2.75, 3.05) is 7.11 Å². The van der Waals surface area contributed by atoms with E-state index >= 15 is 0 Å². The van der Waals surface area contributed by atoms with Gasteiger partial charge in [0.25, 0.3) is 0 Å². The van der Waals surface area contributed by atoms with Crippen LogP contribution in [-0.2, 0) is 20.7 Å². The summed E-state index contributed by atoms with van der Waals surface area (Å²) in [7, 11) is 1.29. The minimum atomic E-state index is -0.814. The Bertz CT molecular complexity index is 720. The number of ether oxygens (including phenoxy) is 2. The summed E-state index contributed by atoms with van der Waals surface area (Å²) < 4.78 is 10.4. The van der Waals surface area contributed by atoms with Gasteiger partial charge in [0.2, 0.25) is 0 Å². The van der Waals surface area contributed by atoms with Crippen LogP contribution in [0.3, 0.4) is 0 Å². The van der Waals surface area contributed by atoms with Crippen molar-refractivity contribution in [2.24, 2.45) is 17.8 Å². The van der Waals surface area contributed by atoms with Crippen LogP contribution in [-0.4, -0.2) is 35.9 Å². The summed E-state index contributed by atoms with van der Waals surface area (Å²) in [6.45, 7) is 5.66. The maximum atomic E-state index is 12.8. The summed E-state index contributed by atoms with van der Waals surface area (Å²) in [5.41, 5.74) is 2.05. The SMILES string of the molecule is COC(=O)[C@@H]1C(=O)c2c([nH]c(C(=O)O[C@@H]3CCC[C@H]3C)c2C)C[C@@H]1C. The van der Waals surface area contributed by atoms with E-state index in [4.69, 9.17) is 9.47 Å². The number of carbonyl (C=O) groups is 3. The van der Waals surface area contributed by atoms with Crippen molar-refractivity contribution in [1.82, 2.24) is 4.98 Å². The molecule has 1 heterocycles. The second kappa shape index (κ2) is 6.65. The lowest BCUT2D eigenvalue weighted by molar-refractivity contribution is -0.145. The number of H-pyrrole nitrogens is 1. The highest BCUT2D eigenvalue weighted by Gasteiger charge is 2.42. The lowest BCUT2D eigenvalue weighted by Crippen LogP contribution is -2.36. The molecule has 0 aliphatic heterocycles. The van der Waals surface area contributed by atoms with E-state index in [1.165, 1.54) is 7.11 Å². The number of hydrogen-bond donors (Lipinski definition) is 1. The van der Waals surface area contributed by atoms with Gasteiger partial charge in [0.1, 0.15) is 17.7 Å². The van der Waals surface area contributed by atoms with Gasteiger partial charge in [-0.3, -0.25) is 9.59 Å². The van der Waals surface area contributed by atoms with Crippen molar-refractivity contribution in [3.8, 4) is 0 Å². The van der Waals surface area contributed by atoms with Crippen LogP contribution >= 0.6 is 0 Å². The molecule has 0 unspecified atom stereocenters. The monoisotopic (exact) mass is 347 g/mol. The van der Waals surface area contributed by atoms with Crippen LogP contribution in [0, 0.1) is 24.7 Å². The van der Waals surface area contributed by atoms with E-state index in [2.05, 4.69) is 11.9 Å². The molecule has 1 aromatic rings. The first kappa shape index (κ1) is 17.7. The molecule has 25 heavy (non-hydrogen) atoms. The molecule has 1 saturated carbocycles. The lowest BCUT2D eigenvalue weighted by Gasteiger charge is -2.25. The van der Waals surface area contributed by atoms with Crippen LogP contribution in [0.2, 0.25) is 0 Å². The fourth-order valence-corrected chi connectivity index (χ4v) is 4.15. The van der Waals surface area contributed by atoms with Crippen LogP contribution in [0.1, 0.15) is 65.2 Å². The number of fused-ring (bicyclic) bond motifs is 1. The van der Waals surface area contributed by atoms with Gasteiger partial charge in [0.15, 0.2) is 5.78 Å². The van der Waals surface area contributed by atoms with Crippen molar-refractivity contribution in [3.05, 3.63) is 22.5 Å². The van der Waals surface area contributed by atoms with Gasteiger partial charge in [0, 0.05) is 11.3 Å². The summed E-state index contributed by atoms with van der Waals surface area (Å²) >= 11 is 0. The molecule has 6 nitrogen and oxygen atoms in total. The topological polar surface area (TPSA) is 85.5 Å². The van der Waals surface area contributed by atoms with Gasteiger partial charge in [-0.15, -0.1) is 0 Å². The summed E-state index contributed by atoms with van der Waals surface area (Å²) in [5, 5.41) is 0. The Morgan fingerprint density at radius 1 is 1.16 bits per heavy atom. The van der Waals surface area contributed by atoms with E-state index in [1.807, 2.05) is 6.92 Å². The average Bonchev–Trinajstić information content (AvgIpc) is 3.10. The van der Waals surface area contributed by atoms with Gasteiger partial charge >= 0.3 is 11.9 Å². The predicted molar refractivity (Wildman–Crippen MR) is 90.5 cm³/mol. The quantitative estimate of drug-likeness (QED) is 0.671. The van der Waals surface area contributed by atoms with Gasteiger partial charge in [-0.05, 0) is 50.0 Å². The molecule has 136 valence electrons. The maximum absolute atomic E-state index is 12.8. The molecule has 0 bridgehead atoms. The van der Waals surface area contributed by atoms with Crippen molar-refractivity contribution < 1.29 is 23.9 Å². The number of aromatic nitrogens is 1. The Morgan fingerprint density at radius 3 is 2.48 bits per heavy atom. The maximum Gasteiger partial charge on any atom is 0.355 e. The molecule has 0 amide bonds. The molecule has 0 radical (unpaired) electrons. The Balaban J connectivity index is 1.88. The molecular weight excluding hydrogens is 322 g/mol. The fourth-order valence-electron chi connectivity index (χ4n) is 4.15. The first-order valence-electron chi connectivity index (χ1n) is 8.89. The first-order chi connectivity index (χ1) is 11.8. The van der Waals surface area contributed by atoms with Crippen LogP contribution in [0.15, 0.2) is 0 Å². The van der Waals surface area contributed by atoms with Gasteiger partial charge < -0.3 is 14.5 Å². The Hall–Kier alpha value is -2.11. The van der Waals surface area contributed by atoms with Gasteiger partial charge in [0.05, 0.1) is 7.11 Å². The highest BCUT2D eigenvalue weighted by Crippen LogP contribution is 2.35. The average molecular weight is 347 g/mol. The summed E-state index contributed by atoms with van der Waals surface area (Å²) in [6.07, 6.45) is 3.47. The molecule has 3 rings (SSSR count). The van der Waals surface area contributed by atoms with Crippen LogP contribution in [0.25, 0.3) is 0 Å². The van der Waals surface area contributed by atoms with Gasteiger partial charge in [-0.2, -0.15) is 0 Å².